The molecule has 1 aliphatic carbocycles. The summed E-state index contributed by atoms with van der Waals surface area (Å²) in [5.74, 6) is 1.16. The first-order valence-corrected chi connectivity index (χ1v) is 5.11. The number of rotatable bonds is 3. The molecule has 0 aliphatic heterocycles. The third-order valence-electron chi connectivity index (χ3n) is 2.00. The second-order valence-electron chi connectivity index (χ2n) is 2.84. The quantitative estimate of drug-likeness (QED) is 0.524. The van der Waals surface area contributed by atoms with Crippen LogP contribution >= 0.6 is 11.8 Å². The van der Waals surface area contributed by atoms with E-state index in [0.717, 1.165) is 11.0 Å². The molecule has 1 saturated carbocycles. The summed E-state index contributed by atoms with van der Waals surface area (Å²) in [5.41, 5.74) is 0. The van der Waals surface area contributed by atoms with Crippen LogP contribution in [0.3, 0.4) is 0 Å². The first kappa shape index (κ1) is 8.91. The van der Waals surface area contributed by atoms with E-state index in [-0.39, 0.29) is 0 Å². The second-order valence-corrected chi connectivity index (χ2v) is 4.13. The fourth-order valence-electron chi connectivity index (χ4n) is 1.31. The molecule has 1 N–H and O–H groups in total. The van der Waals surface area contributed by atoms with Crippen molar-refractivity contribution in [1.82, 2.24) is 0 Å². The van der Waals surface area contributed by atoms with Crippen molar-refractivity contribution < 1.29 is 4.74 Å². The van der Waals surface area contributed by atoms with Gasteiger partial charge >= 0.3 is 0 Å². The molecular weight excluding hydrogens is 158 g/mol. The topological polar surface area (TPSA) is 33.1 Å². The van der Waals surface area contributed by atoms with Gasteiger partial charge in [-0.2, -0.15) is 0 Å². The highest BCUT2D eigenvalue weighted by atomic mass is 32.2. The Morgan fingerprint density at radius 3 is 2.73 bits per heavy atom. The van der Waals surface area contributed by atoms with Gasteiger partial charge < -0.3 is 4.74 Å². The van der Waals surface area contributed by atoms with Gasteiger partial charge in [0.1, 0.15) is 0 Å². The van der Waals surface area contributed by atoms with Crippen molar-refractivity contribution in [2.24, 2.45) is 0 Å². The summed E-state index contributed by atoms with van der Waals surface area (Å²) in [6, 6.07) is 0. The summed E-state index contributed by atoms with van der Waals surface area (Å²) in [4.78, 5) is 0. The molecule has 1 fully saturated rings. The Morgan fingerprint density at radius 2 is 2.18 bits per heavy atom. The average Bonchev–Trinajstić information content (AvgIpc) is 2.52. The van der Waals surface area contributed by atoms with Crippen LogP contribution in [0.2, 0.25) is 0 Å². The molecule has 1 aliphatic rings. The van der Waals surface area contributed by atoms with Crippen LogP contribution in [0.25, 0.3) is 0 Å². The number of hydrogen-bond acceptors (Lipinski definition) is 3. The van der Waals surface area contributed by atoms with Gasteiger partial charge in [-0.1, -0.05) is 12.8 Å². The van der Waals surface area contributed by atoms with Gasteiger partial charge in [-0.05, 0) is 12.8 Å². The van der Waals surface area contributed by atoms with Crippen molar-refractivity contribution in [1.29, 1.82) is 5.41 Å². The largest absolute Gasteiger partial charge is 0.484 e. The van der Waals surface area contributed by atoms with Gasteiger partial charge in [0.2, 0.25) is 0 Å². The molecule has 0 heterocycles. The molecule has 0 unspecified atom stereocenters. The lowest BCUT2D eigenvalue weighted by Crippen LogP contribution is -2.06. The van der Waals surface area contributed by atoms with Gasteiger partial charge in [0.15, 0.2) is 5.90 Å². The molecule has 0 amide bonds. The second kappa shape index (κ2) is 4.65. The van der Waals surface area contributed by atoms with Gasteiger partial charge in [0.25, 0.3) is 0 Å². The highest BCUT2D eigenvalue weighted by molar-refractivity contribution is 8.00. The number of hydrogen-bond donors (Lipinski definition) is 1. The lowest BCUT2D eigenvalue weighted by molar-refractivity contribution is 0.397. The van der Waals surface area contributed by atoms with Gasteiger partial charge in [-0.3, -0.25) is 5.41 Å². The van der Waals surface area contributed by atoms with Crippen LogP contribution in [0.5, 0.6) is 0 Å². The lowest BCUT2D eigenvalue weighted by Gasteiger charge is -2.07. The van der Waals surface area contributed by atoms with E-state index >= 15 is 0 Å². The standard InChI is InChI=1S/C8H15NOS/c1-10-8(9)6-11-7-4-2-3-5-7/h7,9H,2-6H2,1H3. The monoisotopic (exact) mass is 173 g/mol. The number of methoxy groups -OCH3 is 1. The molecule has 11 heavy (non-hydrogen) atoms. The van der Waals surface area contributed by atoms with Crippen molar-refractivity contribution in [3.8, 4) is 0 Å². The summed E-state index contributed by atoms with van der Waals surface area (Å²) in [7, 11) is 1.57. The van der Waals surface area contributed by atoms with Crippen molar-refractivity contribution in [3.05, 3.63) is 0 Å². The number of nitrogens with one attached hydrogen (secondary N) is 1. The maximum atomic E-state index is 7.26. The van der Waals surface area contributed by atoms with E-state index in [0.29, 0.717) is 5.90 Å². The van der Waals surface area contributed by atoms with E-state index in [4.69, 9.17) is 10.1 Å². The van der Waals surface area contributed by atoms with E-state index < -0.39 is 0 Å². The molecule has 0 aromatic carbocycles. The van der Waals surface area contributed by atoms with E-state index in [2.05, 4.69) is 0 Å². The van der Waals surface area contributed by atoms with Crippen molar-refractivity contribution in [2.75, 3.05) is 12.9 Å². The molecule has 0 saturated heterocycles. The molecular formula is C8H15NOS. The van der Waals surface area contributed by atoms with Crippen LogP contribution in [-0.2, 0) is 4.74 Å². The molecule has 1 rings (SSSR count). The lowest BCUT2D eigenvalue weighted by atomic mass is 10.4. The fraction of sp³-hybridized carbons (Fsp3) is 0.875. The van der Waals surface area contributed by atoms with Crippen LogP contribution < -0.4 is 0 Å². The fourth-order valence-corrected chi connectivity index (χ4v) is 2.48. The van der Waals surface area contributed by atoms with Crippen molar-refractivity contribution in [2.45, 2.75) is 30.9 Å². The Balaban J connectivity index is 2.06. The predicted molar refractivity (Wildman–Crippen MR) is 49.4 cm³/mol. The molecule has 2 nitrogen and oxygen atoms in total. The Kier molecular flexibility index (Phi) is 3.77. The van der Waals surface area contributed by atoms with Crippen LogP contribution in [0, 0.1) is 5.41 Å². The van der Waals surface area contributed by atoms with E-state index in [1.165, 1.54) is 25.7 Å². The van der Waals surface area contributed by atoms with Crippen LogP contribution in [0.15, 0.2) is 0 Å². The Labute approximate surface area is 72.2 Å². The molecule has 64 valence electrons. The molecule has 3 heteroatoms. The van der Waals surface area contributed by atoms with Crippen molar-refractivity contribution in [3.63, 3.8) is 0 Å². The van der Waals surface area contributed by atoms with Gasteiger partial charge in [-0.25, -0.2) is 0 Å². The average molecular weight is 173 g/mol. The van der Waals surface area contributed by atoms with E-state index in [1.54, 1.807) is 7.11 Å². The highest BCUT2D eigenvalue weighted by Gasteiger charge is 2.15. The zero-order chi connectivity index (χ0) is 8.10. The smallest absolute Gasteiger partial charge is 0.190 e. The molecule has 0 atom stereocenters. The zero-order valence-electron chi connectivity index (χ0n) is 6.93. The van der Waals surface area contributed by atoms with Crippen molar-refractivity contribution >= 4 is 17.7 Å². The minimum Gasteiger partial charge on any atom is -0.484 e. The summed E-state index contributed by atoms with van der Waals surface area (Å²) < 4.78 is 4.77. The SMILES string of the molecule is COC(=N)CSC1CCCC1. The first-order chi connectivity index (χ1) is 5.33. The van der Waals surface area contributed by atoms with Crippen LogP contribution in [0.4, 0.5) is 0 Å². The Bertz CT molecular complexity index is 132. The zero-order valence-corrected chi connectivity index (χ0v) is 7.75. The Morgan fingerprint density at radius 1 is 1.55 bits per heavy atom. The maximum absolute atomic E-state index is 7.26. The molecule has 0 spiro atoms. The molecule has 0 bridgehead atoms. The summed E-state index contributed by atoms with van der Waals surface area (Å²) >= 11 is 1.87. The number of thioether (sulfide) groups is 1. The minimum atomic E-state index is 0.405. The third-order valence-corrected chi connectivity index (χ3v) is 3.37. The third kappa shape index (κ3) is 3.14. The summed E-state index contributed by atoms with van der Waals surface area (Å²) in [5, 5.41) is 8.06. The van der Waals surface area contributed by atoms with Gasteiger partial charge in [0.05, 0.1) is 12.9 Å². The molecule has 0 radical (unpaired) electrons. The molecule has 0 aromatic heterocycles. The van der Waals surface area contributed by atoms with Gasteiger partial charge in [0, 0.05) is 5.25 Å². The Hall–Kier alpha value is -0.180. The van der Waals surface area contributed by atoms with Crippen LogP contribution in [0.1, 0.15) is 25.7 Å². The van der Waals surface area contributed by atoms with Crippen LogP contribution in [-0.4, -0.2) is 24.0 Å². The highest BCUT2D eigenvalue weighted by Crippen LogP contribution is 2.29. The minimum absolute atomic E-state index is 0.405. The maximum Gasteiger partial charge on any atom is 0.190 e. The summed E-state index contributed by atoms with van der Waals surface area (Å²) in [6.45, 7) is 0. The first-order valence-electron chi connectivity index (χ1n) is 4.06. The normalized spacial score (nSPS) is 18.6. The molecule has 0 aromatic rings. The number of ether oxygens (including phenoxy) is 1. The predicted octanol–water partition coefficient (Wildman–Crippen LogP) is 2.29. The van der Waals surface area contributed by atoms with E-state index in [9.17, 15) is 0 Å². The van der Waals surface area contributed by atoms with Gasteiger partial charge in [-0.15, -0.1) is 11.8 Å². The van der Waals surface area contributed by atoms with E-state index in [1.807, 2.05) is 11.8 Å². The summed E-state index contributed by atoms with van der Waals surface area (Å²) in [6.07, 6.45) is 5.42.